The molecule has 2 aromatic rings. The van der Waals surface area contributed by atoms with Crippen LogP contribution in [-0.2, 0) is 0 Å². The molecule has 1 aliphatic carbocycles. The van der Waals surface area contributed by atoms with Gasteiger partial charge in [0.05, 0.1) is 5.56 Å². The summed E-state index contributed by atoms with van der Waals surface area (Å²) in [6.07, 6.45) is 5.01. The van der Waals surface area contributed by atoms with Gasteiger partial charge in [-0.1, -0.05) is 35.9 Å². The van der Waals surface area contributed by atoms with Crippen molar-refractivity contribution < 1.29 is 14.3 Å². The first kappa shape index (κ1) is 19.3. The minimum atomic E-state index is -0.914. The fraction of sp³-hybridized carbons (Fsp3) is 0.348. The number of carboxylic acid groups (broad SMARTS) is 1. The molecule has 0 amide bonds. The number of halogens is 1. The minimum Gasteiger partial charge on any atom is -0.478 e. The molecule has 1 saturated carbocycles. The van der Waals surface area contributed by atoms with E-state index in [0.717, 1.165) is 36.9 Å². The summed E-state index contributed by atoms with van der Waals surface area (Å²) in [5.74, 6) is -0.362. The average Bonchev–Trinajstić information content (AvgIpc) is 2.63. The molecule has 27 heavy (non-hydrogen) atoms. The first-order chi connectivity index (χ1) is 12.9. The molecule has 1 aliphatic rings. The molecule has 142 valence electrons. The SMILES string of the molecule is CN(C)C[C@@H]1CC/C(=C/c2cccc(C(=O)O)c2)C[C@H]1c1cccc(F)c1. The van der Waals surface area contributed by atoms with Gasteiger partial charge < -0.3 is 10.0 Å². The van der Waals surface area contributed by atoms with Crippen molar-refractivity contribution in [3.63, 3.8) is 0 Å². The lowest BCUT2D eigenvalue weighted by Gasteiger charge is -2.35. The molecule has 0 bridgehead atoms. The number of nitrogens with zero attached hydrogens (tertiary/aromatic N) is 1. The van der Waals surface area contributed by atoms with Crippen molar-refractivity contribution in [2.24, 2.45) is 5.92 Å². The summed E-state index contributed by atoms with van der Waals surface area (Å²) in [6, 6.07) is 14.0. The summed E-state index contributed by atoms with van der Waals surface area (Å²) in [4.78, 5) is 13.4. The third-order valence-electron chi connectivity index (χ3n) is 5.27. The normalized spacial score (nSPS) is 21.6. The number of carbonyl (C=O) groups is 1. The molecule has 0 radical (unpaired) electrons. The second-order valence-corrected chi connectivity index (χ2v) is 7.66. The van der Waals surface area contributed by atoms with Crippen molar-refractivity contribution >= 4 is 12.0 Å². The number of hydrogen-bond donors (Lipinski definition) is 1. The molecule has 0 unspecified atom stereocenters. The first-order valence-electron chi connectivity index (χ1n) is 9.35. The lowest BCUT2D eigenvalue weighted by Crippen LogP contribution is -2.29. The zero-order chi connectivity index (χ0) is 19.4. The lowest BCUT2D eigenvalue weighted by atomic mass is 9.73. The van der Waals surface area contributed by atoms with Crippen molar-refractivity contribution in [3.8, 4) is 0 Å². The van der Waals surface area contributed by atoms with Crippen molar-refractivity contribution in [3.05, 3.63) is 76.6 Å². The zero-order valence-electron chi connectivity index (χ0n) is 15.9. The summed E-state index contributed by atoms with van der Waals surface area (Å²) >= 11 is 0. The van der Waals surface area contributed by atoms with Gasteiger partial charge in [0.15, 0.2) is 0 Å². The van der Waals surface area contributed by atoms with Crippen molar-refractivity contribution in [1.29, 1.82) is 0 Å². The molecular weight excluding hydrogens is 341 g/mol. The van der Waals surface area contributed by atoms with Crippen LogP contribution in [0.25, 0.3) is 6.08 Å². The summed E-state index contributed by atoms with van der Waals surface area (Å²) in [5, 5.41) is 9.19. The highest BCUT2D eigenvalue weighted by atomic mass is 19.1. The zero-order valence-corrected chi connectivity index (χ0v) is 15.9. The van der Waals surface area contributed by atoms with Crippen LogP contribution in [0.2, 0.25) is 0 Å². The van der Waals surface area contributed by atoms with Crippen molar-refractivity contribution in [1.82, 2.24) is 4.90 Å². The molecule has 3 rings (SSSR count). The van der Waals surface area contributed by atoms with Crippen LogP contribution < -0.4 is 0 Å². The van der Waals surface area contributed by atoms with Crippen LogP contribution >= 0.6 is 0 Å². The van der Waals surface area contributed by atoms with Crippen LogP contribution in [0.1, 0.15) is 46.7 Å². The number of allylic oxidation sites excluding steroid dienone is 1. The highest BCUT2D eigenvalue weighted by molar-refractivity contribution is 5.88. The van der Waals surface area contributed by atoms with Gasteiger partial charge in [-0.25, -0.2) is 9.18 Å². The van der Waals surface area contributed by atoms with Gasteiger partial charge in [-0.3, -0.25) is 0 Å². The van der Waals surface area contributed by atoms with Crippen LogP contribution in [0.5, 0.6) is 0 Å². The number of rotatable bonds is 5. The van der Waals surface area contributed by atoms with E-state index in [1.54, 1.807) is 30.3 Å². The third kappa shape index (κ3) is 5.04. The molecule has 0 aromatic heterocycles. The molecule has 1 N–H and O–H groups in total. The molecule has 2 aromatic carbocycles. The largest absolute Gasteiger partial charge is 0.478 e. The smallest absolute Gasteiger partial charge is 0.335 e. The molecule has 0 spiro atoms. The standard InChI is InChI=1S/C23H26FNO2/c1-25(2)15-20-10-9-17(11-16-5-3-7-19(12-16)23(26)27)13-22(20)18-6-4-8-21(24)14-18/h3-8,11-12,14,20,22H,9-10,13,15H2,1-2H3,(H,26,27)/b17-11-/t20-,22-/m0/s1. The van der Waals surface area contributed by atoms with E-state index >= 15 is 0 Å². The van der Waals surface area contributed by atoms with E-state index in [1.165, 1.54) is 11.6 Å². The molecule has 2 atom stereocenters. The van der Waals surface area contributed by atoms with Crippen LogP contribution in [0, 0.1) is 11.7 Å². The summed E-state index contributed by atoms with van der Waals surface area (Å²) in [5.41, 5.74) is 3.55. The summed E-state index contributed by atoms with van der Waals surface area (Å²) in [6.45, 7) is 0.975. The fourth-order valence-electron chi connectivity index (χ4n) is 4.07. The second kappa shape index (κ2) is 8.49. The number of hydrogen-bond acceptors (Lipinski definition) is 2. The molecule has 4 heteroatoms. The Labute approximate surface area is 160 Å². The molecule has 0 saturated heterocycles. The molecule has 0 aliphatic heterocycles. The van der Waals surface area contributed by atoms with Crippen LogP contribution in [-0.4, -0.2) is 36.6 Å². The maximum atomic E-state index is 13.8. The van der Waals surface area contributed by atoms with E-state index in [0.29, 0.717) is 11.5 Å². The number of carboxylic acids is 1. The predicted octanol–water partition coefficient (Wildman–Crippen LogP) is 5.05. The number of benzene rings is 2. The van der Waals surface area contributed by atoms with E-state index in [1.807, 2.05) is 12.1 Å². The second-order valence-electron chi connectivity index (χ2n) is 7.66. The summed E-state index contributed by atoms with van der Waals surface area (Å²) in [7, 11) is 4.15. The lowest BCUT2D eigenvalue weighted by molar-refractivity contribution is 0.0697. The fourth-order valence-corrected chi connectivity index (χ4v) is 4.07. The van der Waals surface area contributed by atoms with Crippen molar-refractivity contribution in [2.45, 2.75) is 25.2 Å². The molecule has 1 fully saturated rings. The van der Waals surface area contributed by atoms with E-state index < -0.39 is 5.97 Å². The Morgan fingerprint density at radius 1 is 1.22 bits per heavy atom. The Morgan fingerprint density at radius 2 is 2.00 bits per heavy atom. The van der Waals surface area contributed by atoms with Gasteiger partial charge in [-0.2, -0.15) is 0 Å². The minimum absolute atomic E-state index is 0.193. The van der Waals surface area contributed by atoms with Crippen LogP contribution in [0.4, 0.5) is 4.39 Å². The van der Waals surface area contributed by atoms with Crippen LogP contribution in [0.15, 0.2) is 54.1 Å². The Morgan fingerprint density at radius 3 is 2.70 bits per heavy atom. The van der Waals surface area contributed by atoms with E-state index in [2.05, 4.69) is 25.1 Å². The van der Waals surface area contributed by atoms with Gasteiger partial charge in [0.2, 0.25) is 0 Å². The van der Waals surface area contributed by atoms with Gasteiger partial charge in [-0.05, 0) is 80.6 Å². The van der Waals surface area contributed by atoms with Gasteiger partial charge in [0.25, 0.3) is 0 Å². The van der Waals surface area contributed by atoms with Crippen LogP contribution in [0.3, 0.4) is 0 Å². The topological polar surface area (TPSA) is 40.5 Å². The first-order valence-corrected chi connectivity index (χ1v) is 9.35. The van der Waals surface area contributed by atoms with Gasteiger partial charge in [0.1, 0.15) is 5.82 Å². The molecule has 0 heterocycles. The van der Waals surface area contributed by atoms with E-state index in [4.69, 9.17) is 0 Å². The quantitative estimate of drug-likeness (QED) is 0.804. The van der Waals surface area contributed by atoms with Gasteiger partial charge >= 0.3 is 5.97 Å². The maximum absolute atomic E-state index is 13.8. The Hall–Kier alpha value is -2.46. The highest BCUT2D eigenvalue weighted by Gasteiger charge is 2.29. The monoisotopic (exact) mass is 367 g/mol. The highest BCUT2D eigenvalue weighted by Crippen LogP contribution is 2.41. The van der Waals surface area contributed by atoms with E-state index in [9.17, 15) is 14.3 Å². The Bertz CT molecular complexity index is 844. The van der Waals surface area contributed by atoms with Crippen molar-refractivity contribution in [2.75, 3.05) is 20.6 Å². The third-order valence-corrected chi connectivity index (χ3v) is 5.27. The molecular formula is C23H26FNO2. The van der Waals surface area contributed by atoms with E-state index in [-0.39, 0.29) is 11.7 Å². The van der Waals surface area contributed by atoms with Gasteiger partial charge in [-0.15, -0.1) is 0 Å². The maximum Gasteiger partial charge on any atom is 0.335 e. The predicted molar refractivity (Wildman–Crippen MR) is 106 cm³/mol. The summed E-state index contributed by atoms with van der Waals surface area (Å²) < 4.78 is 13.8. The average molecular weight is 367 g/mol. The Kier molecular flexibility index (Phi) is 6.07. The van der Waals surface area contributed by atoms with Gasteiger partial charge in [0, 0.05) is 6.54 Å². The Balaban J connectivity index is 1.87. The number of aromatic carboxylic acids is 1. The molecule has 3 nitrogen and oxygen atoms in total.